The number of benzene rings is 1. The molecule has 7 heteroatoms. The highest BCUT2D eigenvalue weighted by molar-refractivity contribution is 6.03. The van der Waals surface area contributed by atoms with Crippen LogP contribution in [-0.2, 0) is 6.54 Å². The Kier molecular flexibility index (Phi) is 6.02. The van der Waals surface area contributed by atoms with E-state index >= 15 is 0 Å². The van der Waals surface area contributed by atoms with E-state index in [-0.39, 0.29) is 11.5 Å². The summed E-state index contributed by atoms with van der Waals surface area (Å²) in [6.07, 6.45) is 5.61. The lowest BCUT2D eigenvalue weighted by Crippen LogP contribution is -2.30. The number of nitrogens with one attached hydrogen (secondary N) is 1. The molecule has 31 heavy (non-hydrogen) atoms. The molecule has 7 nitrogen and oxygen atoms in total. The SMILES string of the molecule is Cc1cc(C(=O)Nc2ccc(C(=O)O)cc2)n(Cc2cccc(N3CCCCC3)n2)c1. The molecule has 0 aliphatic carbocycles. The van der Waals surface area contributed by atoms with Crippen LogP contribution in [0, 0.1) is 6.92 Å². The van der Waals surface area contributed by atoms with E-state index in [9.17, 15) is 9.59 Å². The molecule has 0 bridgehead atoms. The maximum Gasteiger partial charge on any atom is 0.335 e. The summed E-state index contributed by atoms with van der Waals surface area (Å²) >= 11 is 0. The van der Waals surface area contributed by atoms with Gasteiger partial charge in [0.2, 0.25) is 0 Å². The van der Waals surface area contributed by atoms with Gasteiger partial charge >= 0.3 is 5.97 Å². The van der Waals surface area contributed by atoms with Crippen LogP contribution in [0.3, 0.4) is 0 Å². The second kappa shape index (κ2) is 9.04. The lowest BCUT2D eigenvalue weighted by atomic mass is 10.1. The molecule has 3 aromatic rings. The van der Waals surface area contributed by atoms with Gasteiger partial charge in [0.15, 0.2) is 0 Å². The summed E-state index contributed by atoms with van der Waals surface area (Å²) in [7, 11) is 0. The fourth-order valence-electron chi connectivity index (χ4n) is 3.90. The minimum absolute atomic E-state index is 0.178. The topological polar surface area (TPSA) is 87.5 Å². The predicted molar refractivity (Wildman–Crippen MR) is 120 cm³/mol. The predicted octanol–water partition coefficient (Wildman–Crippen LogP) is 4.18. The molecule has 0 saturated carbocycles. The van der Waals surface area contributed by atoms with Crippen LogP contribution in [0.1, 0.15) is 51.4 Å². The van der Waals surface area contributed by atoms with E-state index in [1.54, 1.807) is 12.1 Å². The first-order valence-electron chi connectivity index (χ1n) is 10.5. The molecule has 3 heterocycles. The van der Waals surface area contributed by atoms with Gasteiger partial charge in [0.05, 0.1) is 17.8 Å². The lowest BCUT2D eigenvalue weighted by molar-refractivity contribution is 0.0696. The van der Waals surface area contributed by atoms with Crippen LogP contribution in [-0.4, -0.2) is 39.6 Å². The van der Waals surface area contributed by atoms with Crippen molar-refractivity contribution in [2.45, 2.75) is 32.7 Å². The molecule has 0 radical (unpaired) electrons. The molecule has 1 aromatic carbocycles. The number of aryl methyl sites for hydroxylation is 1. The Balaban J connectivity index is 1.50. The minimum Gasteiger partial charge on any atom is -0.478 e. The Morgan fingerprint density at radius 1 is 1.06 bits per heavy atom. The first-order chi connectivity index (χ1) is 15.0. The van der Waals surface area contributed by atoms with Crippen LogP contribution < -0.4 is 10.2 Å². The number of hydrogen-bond acceptors (Lipinski definition) is 4. The number of carbonyl (C=O) groups is 2. The number of rotatable bonds is 6. The van der Waals surface area contributed by atoms with Gasteiger partial charge in [-0.25, -0.2) is 9.78 Å². The number of anilines is 2. The van der Waals surface area contributed by atoms with Gasteiger partial charge in [-0.15, -0.1) is 0 Å². The zero-order chi connectivity index (χ0) is 21.8. The van der Waals surface area contributed by atoms with Crippen LogP contribution in [0.5, 0.6) is 0 Å². The van der Waals surface area contributed by atoms with Crippen LogP contribution in [0.15, 0.2) is 54.7 Å². The summed E-state index contributed by atoms with van der Waals surface area (Å²) < 4.78 is 1.90. The molecule has 1 aliphatic heterocycles. The number of amides is 1. The number of carbonyl (C=O) groups excluding carboxylic acids is 1. The molecule has 0 spiro atoms. The van der Waals surface area contributed by atoms with Gasteiger partial charge in [-0.3, -0.25) is 4.79 Å². The van der Waals surface area contributed by atoms with E-state index in [2.05, 4.69) is 10.2 Å². The molecule has 1 aliphatic rings. The molecule has 2 N–H and O–H groups in total. The van der Waals surface area contributed by atoms with E-state index in [1.165, 1.54) is 31.4 Å². The van der Waals surface area contributed by atoms with Crippen LogP contribution in [0.4, 0.5) is 11.5 Å². The summed E-state index contributed by atoms with van der Waals surface area (Å²) in [6.45, 7) is 4.52. The monoisotopic (exact) mass is 418 g/mol. The number of aromatic nitrogens is 2. The highest BCUT2D eigenvalue weighted by Crippen LogP contribution is 2.19. The third-order valence-corrected chi connectivity index (χ3v) is 5.46. The Morgan fingerprint density at radius 2 is 1.81 bits per heavy atom. The number of pyridine rings is 1. The number of aromatic carboxylic acids is 1. The summed E-state index contributed by atoms with van der Waals surface area (Å²) in [5.41, 5.74) is 3.14. The molecule has 4 rings (SSSR count). The van der Waals surface area contributed by atoms with Crippen LogP contribution in [0.25, 0.3) is 0 Å². The number of carboxylic acid groups (broad SMARTS) is 1. The molecule has 2 aromatic heterocycles. The first kappa shape index (κ1) is 20.7. The first-order valence-corrected chi connectivity index (χ1v) is 10.5. The number of nitrogens with zero attached hydrogens (tertiary/aromatic N) is 3. The highest BCUT2D eigenvalue weighted by atomic mass is 16.4. The standard InChI is InChI=1S/C24H26N4O3/c1-17-14-21(23(29)26-19-10-8-18(9-11-19)24(30)31)28(15-17)16-20-6-5-7-22(25-20)27-12-3-2-4-13-27/h5-11,14-15H,2-4,12-13,16H2,1H3,(H,26,29)(H,30,31). The maximum atomic E-state index is 12.9. The van der Waals surface area contributed by atoms with Crippen molar-refractivity contribution < 1.29 is 14.7 Å². The summed E-state index contributed by atoms with van der Waals surface area (Å²) in [6, 6.07) is 14.0. The normalized spacial score (nSPS) is 13.8. The van der Waals surface area contributed by atoms with Crippen LogP contribution >= 0.6 is 0 Å². The van der Waals surface area contributed by atoms with Gasteiger partial charge in [-0.05, 0) is 74.2 Å². The zero-order valence-electron chi connectivity index (χ0n) is 17.5. The zero-order valence-corrected chi connectivity index (χ0v) is 17.5. The molecular formula is C24H26N4O3. The van der Waals surface area contributed by atoms with Crippen molar-refractivity contribution in [3.63, 3.8) is 0 Å². The Hall–Kier alpha value is -3.61. The van der Waals surface area contributed by atoms with Gasteiger partial charge in [-0.1, -0.05) is 6.07 Å². The summed E-state index contributed by atoms with van der Waals surface area (Å²) in [4.78, 5) is 31.0. The summed E-state index contributed by atoms with van der Waals surface area (Å²) in [5, 5.41) is 11.9. The molecule has 0 unspecified atom stereocenters. The second-order valence-corrected chi connectivity index (χ2v) is 7.90. The molecule has 1 fully saturated rings. The number of hydrogen-bond donors (Lipinski definition) is 2. The van der Waals surface area contributed by atoms with E-state index in [1.807, 2.05) is 42.0 Å². The van der Waals surface area contributed by atoms with Crippen molar-refractivity contribution in [1.29, 1.82) is 0 Å². The van der Waals surface area contributed by atoms with Crippen molar-refractivity contribution in [3.8, 4) is 0 Å². The number of piperidine rings is 1. The third-order valence-electron chi connectivity index (χ3n) is 5.46. The Bertz CT molecular complexity index is 1080. The fraction of sp³-hybridized carbons (Fsp3) is 0.292. The Labute approximate surface area is 181 Å². The van der Waals surface area contributed by atoms with E-state index in [0.29, 0.717) is 17.9 Å². The van der Waals surface area contributed by atoms with E-state index < -0.39 is 5.97 Å². The van der Waals surface area contributed by atoms with Gasteiger partial charge in [-0.2, -0.15) is 0 Å². The number of carboxylic acids is 1. The molecule has 1 saturated heterocycles. The van der Waals surface area contributed by atoms with Gasteiger partial charge in [0.25, 0.3) is 5.91 Å². The molecule has 0 atom stereocenters. The average molecular weight is 418 g/mol. The minimum atomic E-state index is -0.998. The van der Waals surface area contributed by atoms with Crippen molar-refractivity contribution in [1.82, 2.24) is 9.55 Å². The van der Waals surface area contributed by atoms with Gasteiger partial charge < -0.3 is 19.9 Å². The molecular weight excluding hydrogens is 392 g/mol. The van der Waals surface area contributed by atoms with Crippen molar-refractivity contribution >= 4 is 23.4 Å². The molecule has 160 valence electrons. The maximum absolute atomic E-state index is 12.9. The largest absolute Gasteiger partial charge is 0.478 e. The van der Waals surface area contributed by atoms with Crippen molar-refractivity contribution in [2.75, 3.05) is 23.3 Å². The smallest absolute Gasteiger partial charge is 0.335 e. The van der Waals surface area contributed by atoms with E-state index in [4.69, 9.17) is 10.1 Å². The molecule has 1 amide bonds. The highest BCUT2D eigenvalue weighted by Gasteiger charge is 2.16. The van der Waals surface area contributed by atoms with Gasteiger partial charge in [0, 0.05) is 25.0 Å². The summed E-state index contributed by atoms with van der Waals surface area (Å²) in [5.74, 6) is -0.254. The quantitative estimate of drug-likeness (QED) is 0.627. The average Bonchev–Trinajstić information content (AvgIpc) is 3.15. The Morgan fingerprint density at radius 3 is 2.52 bits per heavy atom. The lowest BCUT2D eigenvalue weighted by Gasteiger charge is -2.28. The van der Waals surface area contributed by atoms with Crippen molar-refractivity contribution in [2.24, 2.45) is 0 Å². The van der Waals surface area contributed by atoms with Crippen LogP contribution in [0.2, 0.25) is 0 Å². The van der Waals surface area contributed by atoms with E-state index in [0.717, 1.165) is 30.2 Å². The second-order valence-electron chi connectivity index (χ2n) is 7.90. The van der Waals surface area contributed by atoms with Crippen molar-refractivity contribution in [3.05, 3.63) is 77.2 Å². The van der Waals surface area contributed by atoms with Gasteiger partial charge in [0.1, 0.15) is 11.5 Å². The third kappa shape index (κ3) is 4.94. The fourth-order valence-corrected chi connectivity index (χ4v) is 3.90.